The summed E-state index contributed by atoms with van der Waals surface area (Å²) in [5.41, 5.74) is -0.874. The quantitative estimate of drug-likeness (QED) is 0.706. The summed E-state index contributed by atoms with van der Waals surface area (Å²) in [7, 11) is -3.20. The number of hydrogen-bond donors (Lipinski definition) is 2. The Morgan fingerprint density at radius 3 is 2.44 bits per heavy atom. The van der Waals surface area contributed by atoms with Gasteiger partial charge in [0.25, 0.3) is 10.0 Å². The van der Waals surface area contributed by atoms with Crippen LogP contribution in [0.1, 0.15) is 34.2 Å². The molecule has 0 amide bonds. The fourth-order valence-corrected chi connectivity index (χ4v) is 4.43. The maximum atomic E-state index is 12.8. The highest BCUT2D eigenvalue weighted by Gasteiger charge is 2.34. The Kier molecular flexibility index (Phi) is 5.81. The minimum absolute atomic E-state index is 0.167. The van der Waals surface area contributed by atoms with Crippen LogP contribution in [0, 0.1) is 6.92 Å². The molecule has 2 rings (SSSR count). The molecule has 2 N–H and O–H groups in total. The van der Waals surface area contributed by atoms with Gasteiger partial charge in [-0.2, -0.15) is 13.2 Å². The first-order valence-electron chi connectivity index (χ1n) is 7.61. The van der Waals surface area contributed by atoms with E-state index in [2.05, 4.69) is 14.4 Å². The predicted molar refractivity (Wildman–Crippen MR) is 93.5 cm³/mol. The molecule has 0 aliphatic heterocycles. The van der Waals surface area contributed by atoms with Gasteiger partial charge in [0.05, 0.1) is 23.4 Å². The normalized spacial score (nSPS) is 12.1. The van der Waals surface area contributed by atoms with Gasteiger partial charge in [-0.25, -0.2) is 13.2 Å². The van der Waals surface area contributed by atoms with E-state index in [-0.39, 0.29) is 28.3 Å². The zero-order chi connectivity index (χ0) is 20.6. The van der Waals surface area contributed by atoms with Crippen LogP contribution >= 0.6 is 11.6 Å². The number of carbonyl (C=O) groups excluding carboxylic acids is 1. The van der Waals surface area contributed by atoms with E-state index in [1.54, 1.807) is 6.92 Å². The number of halogens is 4. The summed E-state index contributed by atoms with van der Waals surface area (Å²) in [5, 5.41) is -0.656. The fraction of sp³-hybridized carbons (Fsp3) is 0.312. The van der Waals surface area contributed by atoms with Gasteiger partial charge in [-0.15, -0.1) is 0 Å². The number of hydrogen-bond acceptors (Lipinski definition) is 4. The summed E-state index contributed by atoms with van der Waals surface area (Å²) < 4.78 is 70.8. The third-order valence-corrected chi connectivity index (χ3v) is 5.56. The number of sulfonamides is 1. The standard InChI is InChI=1S/C16H16ClF3N2O4S/c1-4-12-14(13(8(2)21-12)15(23)26-3)27(24,25)22-9-5-6-10(11(17)7-9)16(18,19)20/h5-7,21-22H,4H2,1-3H3. The number of nitrogens with one attached hydrogen (secondary N) is 2. The summed E-state index contributed by atoms with van der Waals surface area (Å²) in [6.45, 7) is 3.19. The van der Waals surface area contributed by atoms with Gasteiger partial charge < -0.3 is 9.72 Å². The molecule has 0 spiro atoms. The van der Waals surface area contributed by atoms with Gasteiger partial charge in [0.2, 0.25) is 0 Å². The molecular formula is C16H16ClF3N2O4S. The summed E-state index contributed by atoms with van der Waals surface area (Å²) in [5.74, 6) is -0.853. The Bertz CT molecular complexity index is 984. The number of anilines is 1. The number of ether oxygens (including phenoxy) is 1. The minimum Gasteiger partial charge on any atom is -0.465 e. The van der Waals surface area contributed by atoms with Crippen molar-refractivity contribution in [1.82, 2.24) is 4.98 Å². The van der Waals surface area contributed by atoms with Crippen LogP contribution in [0.25, 0.3) is 0 Å². The fourth-order valence-electron chi connectivity index (χ4n) is 2.57. The van der Waals surface area contributed by atoms with Gasteiger partial charge in [-0.05, 0) is 31.5 Å². The molecule has 148 valence electrons. The number of aromatic nitrogens is 1. The molecule has 0 aliphatic carbocycles. The van der Waals surface area contributed by atoms with Crippen LogP contribution in [-0.4, -0.2) is 26.5 Å². The van der Waals surface area contributed by atoms with E-state index >= 15 is 0 Å². The highest BCUT2D eigenvalue weighted by atomic mass is 35.5. The van der Waals surface area contributed by atoms with E-state index in [0.717, 1.165) is 19.2 Å². The lowest BCUT2D eigenvalue weighted by atomic mass is 10.2. The average Bonchev–Trinajstić information content (AvgIpc) is 2.90. The van der Waals surface area contributed by atoms with E-state index in [1.807, 2.05) is 0 Å². The lowest BCUT2D eigenvalue weighted by Crippen LogP contribution is -2.18. The Morgan fingerprint density at radius 1 is 1.33 bits per heavy atom. The number of methoxy groups -OCH3 is 1. The number of rotatable bonds is 5. The molecule has 27 heavy (non-hydrogen) atoms. The third-order valence-electron chi connectivity index (χ3n) is 3.75. The Hall–Kier alpha value is -2.20. The highest BCUT2D eigenvalue weighted by Crippen LogP contribution is 2.36. The van der Waals surface area contributed by atoms with E-state index in [0.29, 0.717) is 11.8 Å². The lowest BCUT2D eigenvalue weighted by Gasteiger charge is -2.13. The number of aromatic amines is 1. The molecule has 11 heteroatoms. The molecule has 1 aromatic carbocycles. The molecule has 0 saturated carbocycles. The second-order valence-corrected chi connectivity index (χ2v) is 7.60. The lowest BCUT2D eigenvalue weighted by molar-refractivity contribution is -0.137. The second kappa shape index (κ2) is 7.43. The van der Waals surface area contributed by atoms with Gasteiger partial charge in [0, 0.05) is 11.4 Å². The molecule has 0 bridgehead atoms. The van der Waals surface area contributed by atoms with Crippen molar-refractivity contribution in [3.63, 3.8) is 0 Å². The van der Waals surface area contributed by atoms with E-state index in [1.165, 1.54) is 6.92 Å². The molecule has 0 saturated heterocycles. The summed E-state index contributed by atoms with van der Waals surface area (Å²) in [6, 6.07) is 2.46. The third kappa shape index (κ3) is 4.22. The first-order chi connectivity index (χ1) is 12.4. The van der Waals surface area contributed by atoms with Crippen molar-refractivity contribution in [1.29, 1.82) is 0 Å². The largest absolute Gasteiger partial charge is 0.465 e. The monoisotopic (exact) mass is 424 g/mol. The zero-order valence-corrected chi connectivity index (χ0v) is 16.1. The second-order valence-electron chi connectivity index (χ2n) is 5.58. The van der Waals surface area contributed by atoms with Crippen LogP contribution in [0.4, 0.5) is 18.9 Å². The van der Waals surface area contributed by atoms with Crippen LogP contribution < -0.4 is 4.72 Å². The zero-order valence-electron chi connectivity index (χ0n) is 14.5. The predicted octanol–water partition coefficient (Wildman–Crippen LogP) is 4.15. The molecule has 2 aromatic rings. The average molecular weight is 425 g/mol. The first kappa shape index (κ1) is 21.1. The van der Waals surface area contributed by atoms with Crippen molar-refractivity contribution in [2.24, 2.45) is 0 Å². The van der Waals surface area contributed by atoms with Crippen molar-refractivity contribution in [2.75, 3.05) is 11.8 Å². The van der Waals surface area contributed by atoms with Crippen LogP contribution in [0.15, 0.2) is 23.1 Å². The number of carbonyl (C=O) groups is 1. The Balaban J connectivity index is 2.52. The van der Waals surface area contributed by atoms with Gasteiger partial charge in [0.15, 0.2) is 0 Å². The SMILES string of the molecule is CCc1[nH]c(C)c(C(=O)OC)c1S(=O)(=O)Nc1ccc(C(F)(F)F)c(Cl)c1. The topological polar surface area (TPSA) is 88.3 Å². The summed E-state index contributed by atoms with van der Waals surface area (Å²) >= 11 is 5.62. The van der Waals surface area contributed by atoms with Gasteiger partial charge in [0.1, 0.15) is 10.5 Å². The van der Waals surface area contributed by atoms with Crippen LogP contribution in [0.2, 0.25) is 5.02 Å². The van der Waals surface area contributed by atoms with Crippen LogP contribution in [-0.2, 0) is 27.4 Å². The van der Waals surface area contributed by atoms with Crippen LogP contribution in [0.5, 0.6) is 0 Å². The number of aryl methyl sites for hydroxylation is 2. The number of alkyl halides is 3. The van der Waals surface area contributed by atoms with Crippen molar-refractivity contribution in [3.8, 4) is 0 Å². The number of H-pyrrole nitrogens is 1. The molecule has 1 heterocycles. The molecular weight excluding hydrogens is 409 g/mol. The maximum Gasteiger partial charge on any atom is 0.417 e. The smallest absolute Gasteiger partial charge is 0.417 e. The number of esters is 1. The van der Waals surface area contributed by atoms with Crippen LogP contribution in [0.3, 0.4) is 0 Å². The Labute approximate surface area is 158 Å². The molecule has 0 unspecified atom stereocenters. The minimum atomic E-state index is -4.67. The Morgan fingerprint density at radius 2 is 1.96 bits per heavy atom. The van der Waals surface area contributed by atoms with Crippen molar-refractivity contribution in [2.45, 2.75) is 31.3 Å². The van der Waals surface area contributed by atoms with Gasteiger partial charge in [-0.1, -0.05) is 18.5 Å². The molecule has 0 atom stereocenters. The summed E-state index contributed by atoms with van der Waals surface area (Å²) in [4.78, 5) is 14.5. The first-order valence-corrected chi connectivity index (χ1v) is 9.47. The van der Waals surface area contributed by atoms with Crippen molar-refractivity contribution >= 4 is 33.3 Å². The summed E-state index contributed by atoms with van der Waals surface area (Å²) in [6.07, 6.45) is -4.40. The molecule has 1 aromatic heterocycles. The maximum absolute atomic E-state index is 12.8. The molecule has 0 radical (unpaired) electrons. The highest BCUT2D eigenvalue weighted by molar-refractivity contribution is 7.92. The van der Waals surface area contributed by atoms with E-state index in [4.69, 9.17) is 11.6 Å². The van der Waals surface area contributed by atoms with Gasteiger partial charge >= 0.3 is 12.1 Å². The van der Waals surface area contributed by atoms with E-state index in [9.17, 15) is 26.4 Å². The van der Waals surface area contributed by atoms with E-state index < -0.39 is 32.8 Å². The van der Waals surface area contributed by atoms with Gasteiger partial charge in [-0.3, -0.25) is 4.72 Å². The molecule has 0 fully saturated rings. The molecule has 0 aliphatic rings. The van der Waals surface area contributed by atoms with Crippen molar-refractivity contribution in [3.05, 3.63) is 45.7 Å². The number of benzene rings is 1. The molecule has 6 nitrogen and oxygen atoms in total. The van der Waals surface area contributed by atoms with Crippen molar-refractivity contribution < 1.29 is 31.1 Å².